The van der Waals surface area contributed by atoms with Gasteiger partial charge in [-0.15, -0.1) is 0 Å². The lowest BCUT2D eigenvalue weighted by atomic mass is 9.91. The van der Waals surface area contributed by atoms with E-state index in [-0.39, 0.29) is 23.7 Å². The minimum absolute atomic E-state index is 0.0437. The second-order valence-electron chi connectivity index (χ2n) is 11.3. The van der Waals surface area contributed by atoms with Crippen LogP contribution in [-0.2, 0) is 19.3 Å². The normalized spacial score (nSPS) is 18.1. The van der Waals surface area contributed by atoms with Crippen LogP contribution in [0, 0.1) is 0 Å². The van der Waals surface area contributed by atoms with E-state index in [4.69, 9.17) is 4.74 Å². The third-order valence-corrected chi connectivity index (χ3v) is 8.41. The first kappa shape index (κ1) is 29.0. The van der Waals surface area contributed by atoms with E-state index in [0.29, 0.717) is 24.6 Å². The predicted octanol–water partition coefficient (Wildman–Crippen LogP) is 6.66. The third kappa shape index (κ3) is 6.33. The minimum atomic E-state index is -4.53. The SMILES string of the molecule is CCN1CCN(Cc2ccc(NC(=O)N3Cc4cc(Oc5ccnc6[nH]ccc56)ccc4C(C)C3)cc2C(F)(F)F)CC1. The molecule has 2 aliphatic rings. The number of hydrogen-bond acceptors (Lipinski definition) is 5. The smallest absolute Gasteiger partial charge is 0.416 e. The Bertz CT molecular complexity index is 1610. The Morgan fingerprint density at radius 2 is 1.86 bits per heavy atom. The largest absolute Gasteiger partial charge is 0.457 e. The summed E-state index contributed by atoms with van der Waals surface area (Å²) in [4.78, 5) is 26.6. The van der Waals surface area contributed by atoms with Gasteiger partial charge in [0.2, 0.25) is 0 Å². The molecule has 2 amide bonds. The number of halogens is 3. The Morgan fingerprint density at radius 1 is 1.07 bits per heavy atom. The number of benzene rings is 2. The lowest BCUT2D eigenvalue weighted by molar-refractivity contribution is -0.138. The number of H-pyrrole nitrogens is 1. The van der Waals surface area contributed by atoms with Crippen LogP contribution in [0.5, 0.6) is 11.5 Å². The minimum Gasteiger partial charge on any atom is -0.457 e. The highest BCUT2D eigenvalue weighted by Crippen LogP contribution is 2.36. The number of ether oxygens (including phenoxy) is 1. The fourth-order valence-corrected chi connectivity index (χ4v) is 6.03. The molecule has 0 bridgehead atoms. The number of rotatable bonds is 6. The molecule has 2 aromatic carbocycles. The molecule has 4 aromatic rings. The lowest BCUT2D eigenvalue weighted by Crippen LogP contribution is -2.45. The fraction of sp³-hybridized carbons (Fsp3) is 0.375. The average Bonchev–Trinajstić information content (AvgIpc) is 3.48. The standard InChI is InChI=1S/C32H35F3N6O2/c1-3-39-12-14-40(15-13-39)19-22-4-5-24(17-28(22)32(33,34)35)38-31(42)41-18-21(2)26-7-6-25(16-23(26)20-41)43-29-9-11-37-30-27(29)8-10-36-30/h4-11,16-17,21H,3,12-15,18-20H2,1-2H3,(H,36,37)(H,38,42). The number of aromatic nitrogens is 2. The molecule has 1 fully saturated rings. The zero-order valence-corrected chi connectivity index (χ0v) is 24.2. The van der Waals surface area contributed by atoms with Crippen LogP contribution in [-0.4, -0.2) is 70.0 Å². The average molecular weight is 593 g/mol. The highest BCUT2D eigenvalue weighted by molar-refractivity contribution is 5.89. The van der Waals surface area contributed by atoms with Gasteiger partial charge in [-0.25, -0.2) is 9.78 Å². The van der Waals surface area contributed by atoms with Crippen LogP contribution in [0.25, 0.3) is 11.0 Å². The maximum Gasteiger partial charge on any atom is 0.416 e. The summed E-state index contributed by atoms with van der Waals surface area (Å²) in [5, 5.41) is 3.58. The number of carbonyl (C=O) groups is 1. The van der Waals surface area contributed by atoms with Gasteiger partial charge in [0.1, 0.15) is 17.1 Å². The number of piperazine rings is 1. The molecule has 2 aliphatic heterocycles. The first-order chi connectivity index (χ1) is 20.7. The van der Waals surface area contributed by atoms with Gasteiger partial charge in [0.15, 0.2) is 0 Å². The van der Waals surface area contributed by atoms with Crippen LogP contribution in [0.15, 0.2) is 60.9 Å². The van der Waals surface area contributed by atoms with E-state index in [0.717, 1.165) is 61.0 Å². The molecule has 6 rings (SSSR count). The Hall–Kier alpha value is -4.09. The van der Waals surface area contributed by atoms with Gasteiger partial charge < -0.3 is 24.8 Å². The maximum atomic E-state index is 14.1. The van der Waals surface area contributed by atoms with Gasteiger partial charge in [-0.2, -0.15) is 13.2 Å². The van der Waals surface area contributed by atoms with Gasteiger partial charge in [0.25, 0.3) is 0 Å². The van der Waals surface area contributed by atoms with Crippen molar-refractivity contribution in [2.75, 3.05) is 44.6 Å². The van der Waals surface area contributed by atoms with E-state index >= 15 is 0 Å². The van der Waals surface area contributed by atoms with E-state index in [2.05, 4.69) is 32.0 Å². The number of nitrogens with one attached hydrogen (secondary N) is 2. The van der Waals surface area contributed by atoms with Gasteiger partial charge in [-0.3, -0.25) is 4.90 Å². The fourth-order valence-electron chi connectivity index (χ4n) is 6.03. The molecule has 1 unspecified atom stereocenters. The van der Waals surface area contributed by atoms with Crippen LogP contribution < -0.4 is 10.1 Å². The molecule has 1 atom stereocenters. The quantitative estimate of drug-likeness (QED) is 0.262. The molecule has 1 saturated heterocycles. The van der Waals surface area contributed by atoms with Crippen molar-refractivity contribution in [3.63, 3.8) is 0 Å². The van der Waals surface area contributed by atoms with Gasteiger partial charge in [0.05, 0.1) is 10.9 Å². The zero-order valence-electron chi connectivity index (χ0n) is 24.2. The van der Waals surface area contributed by atoms with Crippen molar-refractivity contribution in [1.29, 1.82) is 0 Å². The second kappa shape index (κ2) is 11.9. The number of pyridine rings is 1. The number of anilines is 1. The van der Waals surface area contributed by atoms with Crippen molar-refractivity contribution in [1.82, 2.24) is 24.7 Å². The number of likely N-dealkylation sites (N-methyl/N-ethyl adjacent to an activating group) is 1. The van der Waals surface area contributed by atoms with Gasteiger partial charge in [-0.05, 0) is 65.6 Å². The van der Waals surface area contributed by atoms with E-state index < -0.39 is 17.8 Å². The van der Waals surface area contributed by atoms with Crippen LogP contribution in [0.2, 0.25) is 0 Å². The summed E-state index contributed by atoms with van der Waals surface area (Å²) in [6.07, 6.45) is -1.06. The molecule has 8 nitrogen and oxygen atoms in total. The van der Waals surface area contributed by atoms with E-state index in [1.807, 2.05) is 31.2 Å². The molecule has 2 aromatic heterocycles. The molecule has 0 saturated carbocycles. The molecule has 43 heavy (non-hydrogen) atoms. The summed E-state index contributed by atoms with van der Waals surface area (Å²) in [6.45, 7) is 9.18. The van der Waals surface area contributed by atoms with Crippen molar-refractivity contribution < 1.29 is 22.7 Å². The number of aromatic amines is 1. The summed E-state index contributed by atoms with van der Waals surface area (Å²) < 4.78 is 48.5. The Morgan fingerprint density at radius 3 is 2.63 bits per heavy atom. The number of carbonyl (C=O) groups excluding carboxylic acids is 1. The summed E-state index contributed by atoms with van der Waals surface area (Å²) in [7, 11) is 0. The number of hydrogen-bond donors (Lipinski definition) is 2. The number of urea groups is 1. The number of nitrogens with zero attached hydrogens (tertiary/aromatic N) is 4. The Balaban J connectivity index is 1.16. The summed E-state index contributed by atoms with van der Waals surface area (Å²) in [5.74, 6) is 1.34. The molecular weight excluding hydrogens is 557 g/mol. The van der Waals surface area contributed by atoms with E-state index in [1.54, 1.807) is 29.4 Å². The van der Waals surface area contributed by atoms with Crippen molar-refractivity contribution in [2.45, 2.75) is 39.0 Å². The van der Waals surface area contributed by atoms with Crippen molar-refractivity contribution in [3.05, 3.63) is 83.2 Å². The molecule has 11 heteroatoms. The molecule has 0 spiro atoms. The predicted molar refractivity (Wildman–Crippen MR) is 159 cm³/mol. The molecule has 226 valence electrons. The molecule has 0 radical (unpaired) electrons. The highest BCUT2D eigenvalue weighted by Gasteiger charge is 2.35. The highest BCUT2D eigenvalue weighted by atomic mass is 19.4. The number of alkyl halides is 3. The van der Waals surface area contributed by atoms with E-state index in [9.17, 15) is 18.0 Å². The Labute approximate surface area is 248 Å². The number of fused-ring (bicyclic) bond motifs is 2. The molecule has 2 N–H and O–H groups in total. The second-order valence-corrected chi connectivity index (χ2v) is 11.3. The topological polar surface area (TPSA) is 76.7 Å². The monoisotopic (exact) mass is 592 g/mol. The van der Waals surface area contributed by atoms with Crippen molar-refractivity contribution >= 4 is 22.8 Å². The third-order valence-electron chi connectivity index (χ3n) is 8.41. The summed E-state index contributed by atoms with van der Waals surface area (Å²) in [6, 6.07) is 13.2. The van der Waals surface area contributed by atoms with Crippen molar-refractivity contribution in [2.24, 2.45) is 0 Å². The molecule has 0 aliphatic carbocycles. The first-order valence-electron chi connectivity index (χ1n) is 14.6. The van der Waals surface area contributed by atoms with Gasteiger partial charge in [0, 0.05) is 63.9 Å². The van der Waals surface area contributed by atoms with Gasteiger partial charge in [-0.1, -0.05) is 26.0 Å². The van der Waals surface area contributed by atoms with Crippen LogP contribution in [0.3, 0.4) is 0 Å². The maximum absolute atomic E-state index is 14.1. The lowest BCUT2D eigenvalue weighted by Gasteiger charge is -2.34. The van der Waals surface area contributed by atoms with Crippen LogP contribution >= 0.6 is 0 Å². The number of amides is 2. The van der Waals surface area contributed by atoms with Gasteiger partial charge >= 0.3 is 12.2 Å². The summed E-state index contributed by atoms with van der Waals surface area (Å²) >= 11 is 0. The molecular formula is C32H35F3N6O2. The Kier molecular flexibility index (Phi) is 8.02. The summed E-state index contributed by atoms with van der Waals surface area (Å²) in [5.41, 5.74) is 2.40. The van der Waals surface area contributed by atoms with Crippen LogP contribution in [0.4, 0.5) is 23.7 Å². The molecule has 4 heterocycles. The van der Waals surface area contributed by atoms with Crippen molar-refractivity contribution in [3.8, 4) is 11.5 Å². The van der Waals surface area contributed by atoms with E-state index in [1.165, 1.54) is 6.07 Å². The van der Waals surface area contributed by atoms with Crippen LogP contribution in [0.1, 0.15) is 42.0 Å². The zero-order chi connectivity index (χ0) is 30.1. The first-order valence-corrected chi connectivity index (χ1v) is 14.6.